The Morgan fingerprint density at radius 3 is 1.97 bits per heavy atom. The lowest BCUT2D eigenvalue weighted by Gasteiger charge is -2.33. The van der Waals surface area contributed by atoms with Crippen LogP contribution in [0.25, 0.3) is 0 Å². The molecule has 0 aliphatic carbocycles. The van der Waals surface area contributed by atoms with E-state index in [1.807, 2.05) is 6.07 Å². The van der Waals surface area contributed by atoms with Crippen molar-refractivity contribution in [3.8, 4) is 0 Å². The maximum Gasteiger partial charge on any atom is 0.243 e. The summed E-state index contributed by atoms with van der Waals surface area (Å²) in [5.41, 5.74) is 1.20. The van der Waals surface area contributed by atoms with Gasteiger partial charge in [-0.25, -0.2) is 16.8 Å². The zero-order chi connectivity index (χ0) is 21.1. The molecular formula is C19H23N3O5S2. The van der Waals surface area contributed by atoms with Gasteiger partial charge in [0.15, 0.2) is 0 Å². The molecule has 0 unspecified atom stereocenters. The quantitative estimate of drug-likeness (QED) is 0.737. The molecule has 10 heteroatoms. The number of anilines is 1. The lowest BCUT2D eigenvalue weighted by molar-refractivity contribution is -0.114. The molecule has 0 bridgehead atoms. The number of carbonyl (C=O) groups excluding carboxylic acids is 1. The molecule has 1 heterocycles. The number of nitrogens with one attached hydrogen (secondary N) is 1. The molecule has 29 heavy (non-hydrogen) atoms. The SMILES string of the molecule is CC(=O)Nc1ccc(S(=O)(=O)N2CCN(S(=O)(=O)Cc3ccccc3)CC2)cc1. The van der Waals surface area contributed by atoms with E-state index in [9.17, 15) is 21.6 Å². The number of benzene rings is 2. The van der Waals surface area contributed by atoms with Crippen molar-refractivity contribution in [1.82, 2.24) is 8.61 Å². The van der Waals surface area contributed by atoms with E-state index in [1.165, 1.54) is 39.8 Å². The third-order valence-electron chi connectivity index (χ3n) is 4.60. The van der Waals surface area contributed by atoms with Crippen molar-refractivity contribution in [2.24, 2.45) is 0 Å². The van der Waals surface area contributed by atoms with Gasteiger partial charge in [0, 0.05) is 38.8 Å². The number of carbonyl (C=O) groups is 1. The van der Waals surface area contributed by atoms with Gasteiger partial charge < -0.3 is 5.32 Å². The maximum atomic E-state index is 12.8. The summed E-state index contributed by atoms with van der Waals surface area (Å²) < 4.78 is 53.6. The topological polar surface area (TPSA) is 104 Å². The molecule has 2 aromatic carbocycles. The predicted octanol–water partition coefficient (Wildman–Crippen LogP) is 1.48. The van der Waals surface area contributed by atoms with Crippen LogP contribution in [-0.4, -0.2) is 57.5 Å². The Morgan fingerprint density at radius 2 is 1.41 bits per heavy atom. The second-order valence-corrected chi connectivity index (χ2v) is 10.7. The Kier molecular flexibility index (Phi) is 6.37. The molecule has 1 aliphatic heterocycles. The summed E-state index contributed by atoms with van der Waals surface area (Å²) in [5, 5.41) is 2.58. The van der Waals surface area contributed by atoms with Crippen LogP contribution in [0, 0.1) is 0 Å². The van der Waals surface area contributed by atoms with Crippen LogP contribution in [0.5, 0.6) is 0 Å². The van der Waals surface area contributed by atoms with Crippen LogP contribution in [0.4, 0.5) is 5.69 Å². The first-order valence-electron chi connectivity index (χ1n) is 9.08. The summed E-state index contributed by atoms with van der Waals surface area (Å²) in [6.45, 7) is 1.76. The minimum Gasteiger partial charge on any atom is -0.326 e. The second kappa shape index (κ2) is 8.62. The van der Waals surface area contributed by atoms with Gasteiger partial charge in [0.1, 0.15) is 0 Å². The third kappa shape index (κ3) is 5.21. The number of amides is 1. The van der Waals surface area contributed by atoms with E-state index in [4.69, 9.17) is 0 Å². The lowest BCUT2D eigenvalue weighted by Crippen LogP contribution is -2.50. The molecule has 0 atom stereocenters. The smallest absolute Gasteiger partial charge is 0.243 e. The fourth-order valence-electron chi connectivity index (χ4n) is 3.13. The van der Waals surface area contributed by atoms with E-state index in [2.05, 4.69) is 5.32 Å². The van der Waals surface area contributed by atoms with Gasteiger partial charge in [-0.15, -0.1) is 0 Å². The van der Waals surface area contributed by atoms with E-state index < -0.39 is 20.0 Å². The van der Waals surface area contributed by atoms with Crippen LogP contribution >= 0.6 is 0 Å². The summed E-state index contributed by atoms with van der Waals surface area (Å²) in [6, 6.07) is 14.8. The minimum absolute atomic E-state index is 0.0871. The van der Waals surface area contributed by atoms with Gasteiger partial charge in [-0.3, -0.25) is 4.79 Å². The normalized spacial score (nSPS) is 16.4. The summed E-state index contributed by atoms with van der Waals surface area (Å²) in [5.74, 6) is -0.348. The van der Waals surface area contributed by atoms with Crippen LogP contribution < -0.4 is 5.32 Å². The first-order chi connectivity index (χ1) is 13.7. The molecule has 0 radical (unpaired) electrons. The molecule has 3 rings (SSSR count). The molecule has 8 nitrogen and oxygen atoms in total. The molecule has 2 aromatic rings. The van der Waals surface area contributed by atoms with E-state index in [-0.39, 0.29) is 42.7 Å². The third-order valence-corrected chi connectivity index (χ3v) is 8.36. The molecule has 1 fully saturated rings. The Labute approximate surface area is 171 Å². The van der Waals surface area contributed by atoms with Gasteiger partial charge in [-0.2, -0.15) is 8.61 Å². The van der Waals surface area contributed by atoms with Crippen molar-refractivity contribution in [3.63, 3.8) is 0 Å². The van der Waals surface area contributed by atoms with Gasteiger partial charge >= 0.3 is 0 Å². The first-order valence-corrected chi connectivity index (χ1v) is 12.1. The first kappa shape index (κ1) is 21.4. The highest BCUT2D eigenvalue weighted by Gasteiger charge is 2.33. The Balaban J connectivity index is 1.65. The van der Waals surface area contributed by atoms with E-state index in [0.717, 1.165) is 0 Å². The largest absolute Gasteiger partial charge is 0.326 e. The fraction of sp³-hybridized carbons (Fsp3) is 0.316. The van der Waals surface area contributed by atoms with Crippen LogP contribution in [0.15, 0.2) is 59.5 Å². The average molecular weight is 438 g/mol. The Morgan fingerprint density at radius 1 is 0.862 bits per heavy atom. The summed E-state index contributed by atoms with van der Waals surface area (Å²) in [6.07, 6.45) is 0. The standard InChI is InChI=1S/C19H23N3O5S2/c1-16(23)20-18-7-9-19(10-8-18)29(26,27)22-13-11-21(12-14-22)28(24,25)15-17-5-3-2-4-6-17/h2-10H,11-15H2,1H3,(H,20,23). The van der Waals surface area contributed by atoms with Crippen molar-refractivity contribution >= 4 is 31.6 Å². The molecule has 156 valence electrons. The number of hydrogen-bond donors (Lipinski definition) is 1. The molecular weight excluding hydrogens is 414 g/mol. The molecule has 0 aromatic heterocycles. The second-order valence-electron chi connectivity index (χ2n) is 6.75. The summed E-state index contributed by atoms with van der Waals surface area (Å²) in [4.78, 5) is 11.2. The van der Waals surface area contributed by atoms with E-state index in [0.29, 0.717) is 11.3 Å². The molecule has 1 aliphatic rings. The highest BCUT2D eigenvalue weighted by molar-refractivity contribution is 7.89. The van der Waals surface area contributed by atoms with Crippen molar-refractivity contribution in [2.75, 3.05) is 31.5 Å². The van der Waals surface area contributed by atoms with Gasteiger partial charge in [0.2, 0.25) is 26.0 Å². The van der Waals surface area contributed by atoms with Crippen molar-refractivity contribution in [1.29, 1.82) is 0 Å². The van der Waals surface area contributed by atoms with Crippen LogP contribution in [0.3, 0.4) is 0 Å². The molecule has 0 spiro atoms. The zero-order valence-electron chi connectivity index (χ0n) is 16.0. The van der Waals surface area contributed by atoms with Gasteiger partial charge in [-0.05, 0) is 29.8 Å². The van der Waals surface area contributed by atoms with Crippen molar-refractivity contribution < 1.29 is 21.6 Å². The van der Waals surface area contributed by atoms with Crippen molar-refractivity contribution in [2.45, 2.75) is 17.6 Å². The zero-order valence-corrected chi connectivity index (χ0v) is 17.6. The molecule has 0 saturated carbocycles. The van der Waals surface area contributed by atoms with Crippen LogP contribution in [0.1, 0.15) is 12.5 Å². The maximum absolute atomic E-state index is 12.8. The lowest BCUT2D eigenvalue weighted by atomic mass is 10.2. The fourth-order valence-corrected chi connectivity index (χ4v) is 6.07. The van der Waals surface area contributed by atoms with Crippen LogP contribution in [0.2, 0.25) is 0 Å². The summed E-state index contributed by atoms with van der Waals surface area (Å²) >= 11 is 0. The monoisotopic (exact) mass is 437 g/mol. The number of piperazine rings is 1. The number of hydrogen-bond acceptors (Lipinski definition) is 5. The average Bonchev–Trinajstić information content (AvgIpc) is 2.68. The van der Waals surface area contributed by atoms with Gasteiger partial charge in [0.05, 0.1) is 10.6 Å². The Bertz CT molecular complexity index is 1060. The highest BCUT2D eigenvalue weighted by atomic mass is 32.2. The molecule has 1 saturated heterocycles. The van der Waals surface area contributed by atoms with E-state index in [1.54, 1.807) is 24.3 Å². The molecule has 1 N–H and O–H groups in total. The minimum atomic E-state index is -3.74. The van der Waals surface area contributed by atoms with E-state index >= 15 is 0 Å². The van der Waals surface area contributed by atoms with Gasteiger partial charge in [0.25, 0.3) is 0 Å². The van der Waals surface area contributed by atoms with Gasteiger partial charge in [-0.1, -0.05) is 30.3 Å². The number of nitrogens with zero attached hydrogens (tertiary/aromatic N) is 2. The Hall–Kier alpha value is -2.27. The van der Waals surface area contributed by atoms with Crippen molar-refractivity contribution in [3.05, 3.63) is 60.2 Å². The molecule has 1 amide bonds. The highest BCUT2D eigenvalue weighted by Crippen LogP contribution is 2.21. The summed E-state index contributed by atoms with van der Waals surface area (Å²) in [7, 11) is -7.25. The predicted molar refractivity (Wildman–Crippen MR) is 110 cm³/mol. The van der Waals surface area contributed by atoms with Crippen LogP contribution in [-0.2, 0) is 30.6 Å². The number of rotatable bonds is 6. The number of sulfonamides is 2.